The van der Waals surface area contributed by atoms with Crippen LogP contribution in [0.25, 0.3) is 0 Å². The molecule has 0 radical (unpaired) electrons. The van der Waals surface area contributed by atoms with E-state index < -0.39 is 12.2 Å². The Hall–Kier alpha value is -2.62. The Morgan fingerprint density at radius 1 is 1.22 bits per heavy atom. The van der Waals surface area contributed by atoms with E-state index in [0.29, 0.717) is 17.5 Å². The van der Waals surface area contributed by atoms with Crippen LogP contribution in [-0.4, -0.2) is 90.4 Å². The number of likely N-dealkylation sites (N-methyl/N-ethyl adjacent to an activating group) is 1. The summed E-state index contributed by atoms with van der Waals surface area (Å²) in [5.41, 5.74) is 4.96. The van der Waals surface area contributed by atoms with Gasteiger partial charge < -0.3 is 24.4 Å². The van der Waals surface area contributed by atoms with Gasteiger partial charge in [-0.05, 0) is 50.9 Å². The molecule has 9 heteroatoms. The van der Waals surface area contributed by atoms with Crippen LogP contribution in [0.15, 0.2) is 24.3 Å². The van der Waals surface area contributed by atoms with Gasteiger partial charge in [-0.1, -0.05) is 24.6 Å². The Morgan fingerprint density at radius 2 is 2.03 bits per heavy atom. The Balaban J connectivity index is 1.17. The topological polar surface area (TPSA) is 94.6 Å². The number of piperidine rings is 2. The molecule has 2 N–H and O–H groups in total. The second-order valence-corrected chi connectivity index (χ2v) is 11.0. The molecule has 2 saturated heterocycles. The van der Waals surface area contributed by atoms with E-state index in [4.69, 9.17) is 9.47 Å². The molecule has 5 atom stereocenters. The van der Waals surface area contributed by atoms with Crippen LogP contribution in [-0.2, 0) is 16.6 Å². The van der Waals surface area contributed by atoms with Crippen molar-refractivity contribution in [3.05, 3.63) is 35.4 Å². The maximum Gasteiger partial charge on any atom is 0.415 e. The minimum absolute atomic E-state index is 0.0974. The number of likely N-dealkylation sites (tertiary alicyclic amines) is 1. The molecule has 3 heterocycles. The molecule has 6 rings (SSSR count). The zero-order valence-electron chi connectivity index (χ0n) is 21.1. The number of aliphatic hydroxyl groups is 1. The SMILES string of the molecule is CN(CCC(=O)NN1CCCCC1)C(=O)Oc1ccc2c3c1O[C@H]1[C@@H](O)C=CC4C(C2)N(C)CC[C@@]341. The highest BCUT2D eigenvalue weighted by molar-refractivity contribution is 5.77. The van der Waals surface area contributed by atoms with E-state index >= 15 is 0 Å². The van der Waals surface area contributed by atoms with Gasteiger partial charge in [-0.2, -0.15) is 0 Å². The standard InChI is InChI=1S/C27H36N4O5/c1-29-15-11-27-18-7-8-20(32)25(27)36-24-21(9-6-17(23(24)27)16-19(18)29)35-26(34)30(2)14-10-22(33)28-31-12-4-3-5-13-31/h6-9,18-20,25,32H,3-5,10-16H2,1-2H3,(H,28,33)/t18?,19?,20-,25-,27-/m0/s1. The number of benzene rings is 1. The van der Waals surface area contributed by atoms with Crippen LogP contribution in [0, 0.1) is 5.92 Å². The quantitative estimate of drug-likeness (QED) is 0.601. The van der Waals surface area contributed by atoms with Crippen molar-refractivity contribution in [1.82, 2.24) is 20.2 Å². The molecule has 9 nitrogen and oxygen atoms in total. The Kier molecular flexibility index (Phi) is 5.97. The average Bonchev–Trinajstić information content (AvgIpc) is 3.23. The van der Waals surface area contributed by atoms with Crippen molar-refractivity contribution in [1.29, 1.82) is 0 Å². The molecule has 2 amide bonds. The van der Waals surface area contributed by atoms with Gasteiger partial charge in [-0.3, -0.25) is 10.2 Å². The van der Waals surface area contributed by atoms with Crippen LogP contribution in [0.3, 0.4) is 0 Å². The van der Waals surface area contributed by atoms with Gasteiger partial charge in [-0.15, -0.1) is 0 Å². The molecular formula is C27H36N4O5. The van der Waals surface area contributed by atoms with Crippen molar-refractivity contribution in [2.75, 3.05) is 40.3 Å². The Labute approximate surface area is 212 Å². The van der Waals surface area contributed by atoms with Gasteiger partial charge in [0.2, 0.25) is 5.91 Å². The molecule has 0 saturated carbocycles. The summed E-state index contributed by atoms with van der Waals surface area (Å²) in [7, 11) is 3.81. The van der Waals surface area contributed by atoms with Gasteiger partial charge in [0.05, 0.1) is 0 Å². The number of amides is 2. The van der Waals surface area contributed by atoms with E-state index in [2.05, 4.69) is 23.4 Å². The molecule has 2 unspecified atom stereocenters. The molecule has 1 aromatic rings. The molecule has 5 aliphatic rings. The number of carbonyl (C=O) groups is 2. The third-order valence-corrected chi connectivity index (χ3v) is 8.96. The second kappa shape index (κ2) is 9.04. The lowest BCUT2D eigenvalue weighted by Gasteiger charge is -2.56. The summed E-state index contributed by atoms with van der Waals surface area (Å²) in [6, 6.07) is 4.23. The number of nitrogens with zero attached hydrogens (tertiary/aromatic N) is 3. The van der Waals surface area contributed by atoms with Gasteiger partial charge in [0, 0.05) is 56.0 Å². The van der Waals surface area contributed by atoms with Crippen LogP contribution in [0.1, 0.15) is 43.2 Å². The lowest BCUT2D eigenvalue weighted by atomic mass is 9.53. The highest BCUT2D eigenvalue weighted by Crippen LogP contribution is 2.62. The first-order valence-corrected chi connectivity index (χ1v) is 13.3. The fourth-order valence-electron chi connectivity index (χ4n) is 7.08. The lowest BCUT2D eigenvalue weighted by molar-refractivity contribution is -0.126. The van der Waals surface area contributed by atoms with Crippen LogP contribution >= 0.6 is 0 Å². The van der Waals surface area contributed by atoms with E-state index in [0.717, 1.165) is 50.9 Å². The van der Waals surface area contributed by atoms with Crippen LogP contribution < -0.4 is 14.9 Å². The summed E-state index contributed by atoms with van der Waals surface area (Å²) < 4.78 is 12.3. The van der Waals surface area contributed by atoms with Gasteiger partial charge >= 0.3 is 6.09 Å². The predicted octanol–water partition coefficient (Wildman–Crippen LogP) is 1.83. The molecular weight excluding hydrogens is 460 g/mol. The molecule has 3 aliphatic heterocycles. The fraction of sp³-hybridized carbons (Fsp3) is 0.630. The summed E-state index contributed by atoms with van der Waals surface area (Å²) in [5, 5.41) is 12.8. The van der Waals surface area contributed by atoms with E-state index in [-0.39, 0.29) is 36.3 Å². The third kappa shape index (κ3) is 3.71. The van der Waals surface area contributed by atoms with Gasteiger partial charge in [0.15, 0.2) is 11.5 Å². The number of ether oxygens (including phenoxy) is 2. The minimum Gasteiger partial charge on any atom is -0.482 e. The summed E-state index contributed by atoms with van der Waals surface area (Å²) in [4.78, 5) is 29.1. The first kappa shape index (κ1) is 23.8. The van der Waals surface area contributed by atoms with E-state index in [1.165, 1.54) is 16.9 Å². The van der Waals surface area contributed by atoms with E-state index in [9.17, 15) is 14.7 Å². The summed E-state index contributed by atoms with van der Waals surface area (Å²) in [6.45, 7) is 2.93. The highest BCUT2D eigenvalue weighted by atomic mass is 16.6. The fourth-order valence-corrected chi connectivity index (χ4v) is 7.08. The number of nitrogens with one attached hydrogen (secondary N) is 1. The Bertz CT molecular complexity index is 1090. The largest absolute Gasteiger partial charge is 0.482 e. The first-order chi connectivity index (χ1) is 17.4. The van der Waals surface area contributed by atoms with Crippen molar-refractivity contribution in [3.63, 3.8) is 0 Å². The van der Waals surface area contributed by atoms with Crippen molar-refractivity contribution in [2.45, 2.75) is 62.2 Å². The maximum absolute atomic E-state index is 13.0. The molecule has 1 aromatic carbocycles. The molecule has 1 spiro atoms. The number of hydrazine groups is 1. The van der Waals surface area contributed by atoms with Gasteiger partial charge in [0.25, 0.3) is 0 Å². The maximum atomic E-state index is 13.0. The number of carbonyl (C=O) groups excluding carboxylic acids is 2. The summed E-state index contributed by atoms with van der Waals surface area (Å²) in [6.07, 6.45) is 7.80. The third-order valence-electron chi connectivity index (χ3n) is 8.96. The van der Waals surface area contributed by atoms with Crippen molar-refractivity contribution >= 4 is 12.0 Å². The van der Waals surface area contributed by atoms with Crippen molar-refractivity contribution < 1.29 is 24.2 Å². The number of aliphatic hydroxyl groups excluding tert-OH is 1. The van der Waals surface area contributed by atoms with Crippen LogP contribution in [0.5, 0.6) is 11.5 Å². The number of rotatable bonds is 5. The average molecular weight is 497 g/mol. The highest BCUT2D eigenvalue weighted by Gasteiger charge is 2.64. The Morgan fingerprint density at radius 3 is 2.83 bits per heavy atom. The summed E-state index contributed by atoms with van der Waals surface area (Å²) >= 11 is 0. The van der Waals surface area contributed by atoms with E-state index in [1.54, 1.807) is 7.05 Å². The monoisotopic (exact) mass is 496 g/mol. The smallest absolute Gasteiger partial charge is 0.415 e. The molecule has 2 bridgehead atoms. The normalized spacial score (nSPS) is 32.4. The predicted molar refractivity (Wildman–Crippen MR) is 133 cm³/mol. The van der Waals surface area contributed by atoms with Crippen LogP contribution in [0.2, 0.25) is 0 Å². The molecule has 0 aromatic heterocycles. The lowest BCUT2D eigenvalue weighted by Crippen LogP contribution is -2.64. The number of hydrogen-bond donors (Lipinski definition) is 2. The number of hydrogen-bond acceptors (Lipinski definition) is 7. The molecule has 2 fully saturated rings. The van der Waals surface area contributed by atoms with Crippen LogP contribution in [0.4, 0.5) is 4.79 Å². The zero-order chi connectivity index (χ0) is 25.0. The van der Waals surface area contributed by atoms with Gasteiger partial charge in [0.1, 0.15) is 12.2 Å². The first-order valence-electron chi connectivity index (χ1n) is 13.3. The second-order valence-electron chi connectivity index (χ2n) is 11.0. The van der Waals surface area contributed by atoms with E-state index in [1.807, 2.05) is 23.2 Å². The molecule has 36 heavy (non-hydrogen) atoms. The minimum atomic E-state index is -0.701. The molecule has 194 valence electrons. The van der Waals surface area contributed by atoms with Gasteiger partial charge in [-0.25, -0.2) is 9.80 Å². The van der Waals surface area contributed by atoms with Crippen molar-refractivity contribution in [2.24, 2.45) is 5.92 Å². The van der Waals surface area contributed by atoms with Crippen molar-refractivity contribution in [3.8, 4) is 11.5 Å². The molecule has 2 aliphatic carbocycles. The summed E-state index contributed by atoms with van der Waals surface area (Å²) in [5.74, 6) is 1.14. The zero-order valence-corrected chi connectivity index (χ0v) is 21.1.